The number of furan rings is 1. The molecular weight excluding hydrogens is 591 g/mol. The molecule has 0 aliphatic heterocycles. The molecule has 3 aromatic carbocycles. The Labute approximate surface area is 204 Å². The van der Waals surface area contributed by atoms with E-state index in [4.69, 9.17) is 14.5 Å². The van der Waals surface area contributed by atoms with E-state index in [1.807, 2.05) is 30.3 Å². The summed E-state index contributed by atoms with van der Waals surface area (Å²) in [4.78, 5) is 14.9. The number of allylic oxidation sites excluding steroid dienone is 2. The summed E-state index contributed by atoms with van der Waals surface area (Å²) in [6.07, 6.45) is 5.47. The second kappa shape index (κ2) is 9.14. The summed E-state index contributed by atoms with van der Waals surface area (Å²) in [5.41, 5.74) is 7.13. The molecule has 0 bridgehead atoms. The van der Waals surface area contributed by atoms with Crippen molar-refractivity contribution in [2.45, 2.75) is 13.8 Å². The van der Waals surface area contributed by atoms with E-state index in [0.717, 1.165) is 38.7 Å². The van der Waals surface area contributed by atoms with Gasteiger partial charge in [0.05, 0.1) is 16.9 Å². The molecule has 5 aromatic rings. The molecule has 165 valence electrons. The van der Waals surface area contributed by atoms with Gasteiger partial charge in [-0.3, -0.25) is 9.78 Å². The molecule has 1 radical (unpaired) electrons. The van der Waals surface area contributed by atoms with Gasteiger partial charge in [0.25, 0.3) is 0 Å². The predicted molar refractivity (Wildman–Crippen MR) is 129 cm³/mol. The molecule has 2 heterocycles. The van der Waals surface area contributed by atoms with E-state index in [2.05, 4.69) is 48.6 Å². The minimum Gasteiger partial charge on any atom is -0.512 e. The standard InChI is InChI=1S/C23H12NO.C5H8O2.Ir/c1-2-7-21-17(5-1)18-11-10-15(13-22(18)25-21)20-12-16-9-8-14-4-3-6-19(24-20)23(14)16;1-4(6)3-5(2)7;/h1-9,11-13H;3,6H,1-2H3;/q-1;;/b;4-3-;. The first kappa shape index (κ1) is 22.7. The van der Waals surface area contributed by atoms with Crippen LogP contribution in [0.25, 0.3) is 56.3 Å². The van der Waals surface area contributed by atoms with Gasteiger partial charge in [-0.15, -0.1) is 17.7 Å². The van der Waals surface area contributed by atoms with Gasteiger partial charge in [-0.25, -0.2) is 0 Å². The summed E-state index contributed by atoms with van der Waals surface area (Å²) >= 11 is 0. The molecule has 5 heteroatoms. The topological polar surface area (TPSA) is 63.3 Å². The number of hydrogen-bond acceptors (Lipinski definition) is 4. The van der Waals surface area contributed by atoms with Crippen molar-refractivity contribution < 1.29 is 34.4 Å². The van der Waals surface area contributed by atoms with E-state index in [1.165, 1.54) is 36.4 Å². The van der Waals surface area contributed by atoms with Crippen LogP contribution in [0.3, 0.4) is 0 Å². The van der Waals surface area contributed by atoms with Gasteiger partial charge in [0.1, 0.15) is 5.58 Å². The maximum absolute atomic E-state index is 10.0. The molecule has 1 aliphatic rings. The number of ketones is 1. The minimum absolute atomic E-state index is 0. The zero-order chi connectivity index (χ0) is 22.2. The van der Waals surface area contributed by atoms with Crippen molar-refractivity contribution in [1.82, 2.24) is 4.98 Å². The van der Waals surface area contributed by atoms with Crippen LogP contribution in [0.5, 0.6) is 0 Å². The van der Waals surface area contributed by atoms with Gasteiger partial charge in [-0.05, 0) is 48.2 Å². The molecule has 2 aromatic heterocycles. The Morgan fingerprint density at radius 2 is 1.76 bits per heavy atom. The van der Waals surface area contributed by atoms with Crippen LogP contribution in [-0.4, -0.2) is 15.9 Å². The third-order valence-corrected chi connectivity index (χ3v) is 5.34. The van der Waals surface area contributed by atoms with Gasteiger partial charge in [-0.1, -0.05) is 60.0 Å². The number of hydrogen-bond donors (Lipinski definition) is 1. The Kier molecular flexibility index (Phi) is 6.28. The van der Waals surface area contributed by atoms with Crippen molar-refractivity contribution >= 4 is 50.8 Å². The Bertz CT molecular complexity index is 1570. The number of benzene rings is 3. The normalized spacial score (nSPS) is 12.0. The molecule has 0 spiro atoms. The number of fused-ring (bicyclic) bond motifs is 3. The summed E-state index contributed by atoms with van der Waals surface area (Å²) < 4.78 is 6.01. The van der Waals surface area contributed by atoms with Gasteiger partial charge < -0.3 is 9.52 Å². The summed E-state index contributed by atoms with van der Waals surface area (Å²) in [6.45, 7) is 2.85. The smallest absolute Gasteiger partial charge is 0.155 e. The van der Waals surface area contributed by atoms with Crippen molar-refractivity contribution in [3.8, 4) is 11.3 Å². The number of rotatable bonds is 2. The second-order valence-electron chi connectivity index (χ2n) is 7.79. The first-order valence-corrected chi connectivity index (χ1v) is 10.3. The molecule has 1 N–H and O–H groups in total. The van der Waals surface area contributed by atoms with Crippen molar-refractivity contribution in [3.63, 3.8) is 0 Å². The molecule has 0 amide bonds. The van der Waals surface area contributed by atoms with Crippen LogP contribution in [-0.2, 0) is 24.9 Å². The molecule has 0 saturated carbocycles. The molecule has 0 fully saturated rings. The fourth-order valence-electron chi connectivity index (χ4n) is 4.04. The van der Waals surface area contributed by atoms with Crippen molar-refractivity contribution in [3.05, 3.63) is 89.7 Å². The van der Waals surface area contributed by atoms with Crippen LogP contribution in [0.1, 0.15) is 25.0 Å². The number of carbonyl (C=O) groups excluding carboxylic acids is 1. The summed E-state index contributed by atoms with van der Waals surface area (Å²) in [6, 6.07) is 23.9. The van der Waals surface area contributed by atoms with Crippen molar-refractivity contribution in [2.24, 2.45) is 0 Å². The number of nitrogens with zero attached hydrogens (tertiary/aromatic N) is 1. The molecule has 33 heavy (non-hydrogen) atoms. The van der Waals surface area contributed by atoms with Gasteiger partial charge in [0.15, 0.2) is 5.78 Å². The molecule has 0 saturated heterocycles. The van der Waals surface area contributed by atoms with Gasteiger partial charge in [-0.2, -0.15) is 0 Å². The molecular formula is C28H20IrNO3-. The van der Waals surface area contributed by atoms with Crippen LogP contribution >= 0.6 is 0 Å². The average molecular weight is 611 g/mol. The molecule has 0 unspecified atom stereocenters. The zero-order valence-electron chi connectivity index (χ0n) is 18.0. The van der Waals surface area contributed by atoms with E-state index < -0.39 is 0 Å². The van der Waals surface area contributed by atoms with Crippen LogP contribution in [0.2, 0.25) is 0 Å². The van der Waals surface area contributed by atoms with Crippen molar-refractivity contribution in [2.75, 3.05) is 0 Å². The Morgan fingerprint density at radius 3 is 2.52 bits per heavy atom. The largest absolute Gasteiger partial charge is 0.512 e. The van der Waals surface area contributed by atoms with Crippen LogP contribution in [0.4, 0.5) is 0 Å². The summed E-state index contributed by atoms with van der Waals surface area (Å²) in [5, 5.41) is 11.8. The third kappa shape index (κ3) is 4.38. The van der Waals surface area contributed by atoms with Crippen LogP contribution < -0.4 is 0 Å². The van der Waals surface area contributed by atoms with E-state index >= 15 is 0 Å². The summed E-state index contributed by atoms with van der Waals surface area (Å²) in [7, 11) is 0. The number of pyridine rings is 1. The fraction of sp³-hybridized carbons (Fsp3) is 0.0714. The zero-order valence-corrected chi connectivity index (χ0v) is 20.4. The monoisotopic (exact) mass is 611 g/mol. The number of aromatic nitrogens is 1. The third-order valence-electron chi connectivity index (χ3n) is 5.34. The van der Waals surface area contributed by atoms with Crippen LogP contribution in [0, 0.1) is 6.07 Å². The second-order valence-corrected chi connectivity index (χ2v) is 7.79. The summed E-state index contributed by atoms with van der Waals surface area (Å²) in [5.74, 6) is -0.0625. The minimum atomic E-state index is -0.125. The number of para-hydroxylation sites is 1. The Hall–Kier alpha value is -3.53. The van der Waals surface area contributed by atoms with Crippen LogP contribution in [0.15, 0.2) is 76.9 Å². The number of carbonyl (C=O) groups is 1. The van der Waals surface area contributed by atoms with E-state index in [1.54, 1.807) is 0 Å². The average Bonchev–Trinajstić information content (AvgIpc) is 3.35. The van der Waals surface area contributed by atoms with Gasteiger partial charge in [0, 0.05) is 31.6 Å². The molecule has 6 rings (SSSR count). The van der Waals surface area contributed by atoms with Gasteiger partial charge in [0.2, 0.25) is 0 Å². The van der Waals surface area contributed by atoms with Crippen molar-refractivity contribution in [1.29, 1.82) is 0 Å². The Balaban J connectivity index is 0.000000287. The molecule has 1 aliphatic carbocycles. The Morgan fingerprint density at radius 1 is 0.970 bits per heavy atom. The quantitative estimate of drug-likeness (QED) is 0.129. The number of aliphatic hydroxyl groups is 1. The van der Waals surface area contributed by atoms with Gasteiger partial charge >= 0.3 is 0 Å². The first-order valence-electron chi connectivity index (χ1n) is 10.3. The molecule has 0 atom stereocenters. The predicted octanol–water partition coefficient (Wildman–Crippen LogP) is 7.12. The maximum atomic E-state index is 10.0. The first-order chi connectivity index (χ1) is 15.5. The fourth-order valence-corrected chi connectivity index (χ4v) is 4.04. The molecule has 4 nitrogen and oxygen atoms in total. The van der Waals surface area contributed by atoms with E-state index in [-0.39, 0.29) is 31.6 Å². The SMILES string of the molecule is CC(=O)/C=C(/C)O.[Ir].[c-]1cc2c(cc1-c1cc3c4c(cccc4n1)C=C3)oc1ccccc12. The van der Waals surface area contributed by atoms with E-state index in [0.29, 0.717) is 0 Å². The van der Waals surface area contributed by atoms with E-state index in [9.17, 15) is 4.79 Å². The number of aliphatic hydroxyl groups excluding tert-OH is 1. The maximum Gasteiger partial charge on any atom is 0.155 e.